The van der Waals surface area contributed by atoms with E-state index in [1.165, 1.54) is 0 Å². The fourth-order valence-corrected chi connectivity index (χ4v) is 2.31. The summed E-state index contributed by atoms with van der Waals surface area (Å²) >= 11 is 0. The van der Waals surface area contributed by atoms with Gasteiger partial charge in [0.1, 0.15) is 11.4 Å². The van der Waals surface area contributed by atoms with Crippen molar-refractivity contribution in [3.8, 4) is 0 Å². The fraction of sp³-hybridized carbons (Fsp3) is 0.600. The smallest absolute Gasteiger partial charge is 0.315 e. The van der Waals surface area contributed by atoms with E-state index in [2.05, 4.69) is 29.4 Å². The number of hydrogen-bond acceptors (Lipinski definition) is 5. The fourth-order valence-electron chi connectivity index (χ4n) is 2.31. The van der Waals surface area contributed by atoms with Crippen LogP contribution in [0.2, 0.25) is 0 Å². The third kappa shape index (κ3) is 5.23. The van der Waals surface area contributed by atoms with Crippen LogP contribution in [0, 0.1) is 10.1 Å². The van der Waals surface area contributed by atoms with Crippen molar-refractivity contribution >= 4 is 17.1 Å². The average molecular weight is 294 g/mol. The summed E-state index contributed by atoms with van der Waals surface area (Å²) < 4.78 is 0. The largest absolute Gasteiger partial charge is 0.380 e. The molecule has 1 aromatic rings. The second-order valence-corrected chi connectivity index (χ2v) is 4.85. The molecule has 0 saturated heterocycles. The monoisotopic (exact) mass is 294 g/mol. The Hall–Kier alpha value is -1.82. The molecule has 0 heterocycles. The van der Waals surface area contributed by atoms with Crippen molar-refractivity contribution in [3.63, 3.8) is 0 Å². The van der Waals surface area contributed by atoms with Gasteiger partial charge >= 0.3 is 5.69 Å². The van der Waals surface area contributed by atoms with E-state index in [1.807, 2.05) is 13.0 Å². The third-order valence-electron chi connectivity index (χ3n) is 3.32. The maximum atomic E-state index is 11.3. The van der Waals surface area contributed by atoms with Crippen molar-refractivity contribution in [1.29, 1.82) is 0 Å². The first-order valence-corrected chi connectivity index (χ1v) is 7.61. The number of hydrogen-bond donors (Lipinski definition) is 2. The molecular formula is C15H26N4O2. The molecular weight excluding hydrogens is 268 g/mol. The van der Waals surface area contributed by atoms with Crippen LogP contribution in [0.4, 0.5) is 17.1 Å². The zero-order valence-corrected chi connectivity index (χ0v) is 13.2. The van der Waals surface area contributed by atoms with Gasteiger partial charge in [-0.3, -0.25) is 10.1 Å². The highest BCUT2D eigenvalue weighted by atomic mass is 16.6. The van der Waals surface area contributed by atoms with Gasteiger partial charge < -0.3 is 15.5 Å². The summed E-state index contributed by atoms with van der Waals surface area (Å²) in [5.74, 6) is 0. The summed E-state index contributed by atoms with van der Waals surface area (Å²) in [7, 11) is 0. The molecule has 0 saturated carbocycles. The molecule has 0 aliphatic carbocycles. The van der Waals surface area contributed by atoms with Crippen LogP contribution >= 0.6 is 0 Å². The van der Waals surface area contributed by atoms with Crippen molar-refractivity contribution in [2.24, 2.45) is 0 Å². The molecule has 0 amide bonds. The normalized spacial score (nSPS) is 10.7. The zero-order chi connectivity index (χ0) is 15.7. The molecule has 21 heavy (non-hydrogen) atoms. The van der Waals surface area contributed by atoms with E-state index in [9.17, 15) is 10.1 Å². The van der Waals surface area contributed by atoms with Crippen LogP contribution in [0.5, 0.6) is 0 Å². The summed E-state index contributed by atoms with van der Waals surface area (Å²) in [5.41, 5.74) is 1.26. The Bertz CT molecular complexity index is 451. The number of rotatable bonds is 10. The Morgan fingerprint density at radius 1 is 1.14 bits per heavy atom. The van der Waals surface area contributed by atoms with Crippen molar-refractivity contribution in [1.82, 2.24) is 4.90 Å². The summed E-state index contributed by atoms with van der Waals surface area (Å²) in [6.45, 7) is 10.5. The van der Waals surface area contributed by atoms with Crippen LogP contribution in [0.3, 0.4) is 0 Å². The van der Waals surface area contributed by atoms with Gasteiger partial charge in [-0.25, -0.2) is 0 Å². The number of anilines is 2. The highest BCUT2D eigenvalue weighted by Gasteiger charge is 2.18. The predicted octanol–water partition coefficient (Wildman–Crippen LogP) is 3.17. The zero-order valence-electron chi connectivity index (χ0n) is 13.2. The van der Waals surface area contributed by atoms with Gasteiger partial charge in [-0.05, 0) is 38.6 Å². The van der Waals surface area contributed by atoms with E-state index >= 15 is 0 Å². The van der Waals surface area contributed by atoms with Gasteiger partial charge in [0.25, 0.3) is 0 Å². The maximum absolute atomic E-state index is 11.3. The molecule has 0 spiro atoms. The first-order valence-electron chi connectivity index (χ1n) is 7.61. The van der Waals surface area contributed by atoms with Gasteiger partial charge in [-0.15, -0.1) is 0 Å². The molecule has 2 N–H and O–H groups in total. The molecule has 0 aliphatic heterocycles. The minimum absolute atomic E-state index is 0.123. The lowest BCUT2D eigenvalue weighted by molar-refractivity contribution is -0.383. The van der Waals surface area contributed by atoms with Crippen molar-refractivity contribution in [3.05, 3.63) is 28.3 Å². The number of nitro benzene ring substituents is 1. The topological polar surface area (TPSA) is 70.4 Å². The third-order valence-corrected chi connectivity index (χ3v) is 3.32. The Morgan fingerprint density at radius 2 is 1.81 bits per heavy atom. The lowest BCUT2D eigenvalue weighted by atomic mass is 10.2. The molecule has 0 atom stereocenters. The Morgan fingerprint density at radius 3 is 2.33 bits per heavy atom. The van der Waals surface area contributed by atoms with Crippen LogP contribution in [0.25, 0.3) is 0 Å². The van der Waals surface area contributed by atoms with Gasteiger partial charge in [0.2, 0.25) is 0 Å². The molecule has 0 bridgehead atoms. The molecule has 1 aromatic carbocycles. The predicted molar refractivity (Wildman–Crippen MR) is 88.2 cm³/mol. The molecule has 6 heteroatoms. The van der Waals surface area contributed by atoms with Gasteiger partial charge in [-0.1, -0.05) is 19.9 Å². The number of benzene rings is 1. The molecule has 0 fully saturated rings. The van der Waals surface area contributed by atoms with Crippen molar-refractivity contribution in [2.75, 3.05) is 43.4 Å². The van der Waals surface area contributed by atoms with Crippen LogP contribution in [-0.4, -0.2) is 42.5 Å². The average Bonchev–Trinajstić information content (AvgIpc) is 2.46. The Labute approximate surface area is 126 Å². The Kier molecular flexibility index (Phi) is 7.53. The first kappa shape index (κ1) is 17.2. The van der Waals surface area contributed by atoms with Gasteiger partial charge in [0.15, 0.2) is 0 Å². The number of nitro groups is 1. The first-order chi connectivity index (χ1) is 10.1. The van der Waals surface area contributed by atoms with Gasteiger partial charge in [0, 0.05) is 19.6 Å². The number of nitrogens with zero attached hydrogens (tertiary/aromatic N) is 2. The second-order valence-electron chi connectivity index (χ2n) is 4.85. The summed E-state index contributed by atoms with van der Waals surface area (Å²) in [6, 6.07) is 5.33. The van der Waals surface area contributed by atoms with Gasteiger partial charge in [0.05, 0.1) is 4.92 Å². The molecule has 118 valence electrons. The molecule has 0 radical (unpaired) electrons. The van der Waals surface area contributed by atoms with E-state index < -0.39 is 0 Å². The van der Waals surface area contributed by atoms with Gasteiger partial charge in [-0.2, -0.15) is 0 Å². The molecule has 6 nitrogen and oxygen atoms in total. The lowest BCUT2D eigenvalue weighted by Crippen LogP contribution is -2.29. The van der Waals surface area contributed by atoms with Crippen molar-refractivity contribution < 1.29 is 4.92 Å². The quantitative estimate of drug-likeness (QED) is 0.512. The highest BCUT2D eigenvalue weighted by molar-refractivity contribution is 5.76. The van der Waals surface area contributed by atoms with E-state index in [-0.39, 0.29) is 10.6 Å². The number of nitrogens with one attached hydrogen (secondary N) is 2. The maximum Gasteiger partial charge on any atom is 0.315 e. The van der Waals surface area contributed by atoms with E-state index in [0.717, 1.165) is 26.1 Å². The van der Waals surface area contributed by atoms with E-state index in [4.69, 9.17) is 0 Å². The summed E-state index contributed by atoms with van der Waals surface area (Å²) in [5, 5.41) is 17.5. The number of para-hydroxylation sites is 1. The van der Waals surface area contributed by atoms with Crippen LogP contribution in [0.1, 0.15) is 27.2 Å². The molecule has 0 aliphatic rings. The highest BCUT2D eigenvalue weighted by Crippen LogP contribution is 2.32. The molecule has 0 aromatic heterocycles. The van der Waals surface area contributed by atoms with E-state index in [0.29, 0.717) is 24.5 Å². The summed E-state index contributed by atoms with van der Waals surface area (Å²) in [6.07, 6.45) is 1.11. The minimum Gasteiger partial charge on any atom is -0.380 e. The SMILES string of the molecule is CCCN(CC)CCNc1cccc(NCC)c1[N+](=O)[O-]. The Balaban J connectivity index is 2.74. The number of likely N-dealkylation sites (N-methyl/N-ethyl adjacent to an activating group) is 1. The lowest BCUT2D eigenvalue weighted by Gasteiger charge is -2.20. The van der Waals surface area contributed by atoms with E-state index in [1.54, 1.807) is 12.1 Å². The molecule has 0 unspecified atom stereocenters. The standard InChI is InChI=1S/C15H26N4O2/c1-4-11-18(6-3)12-10-17-14-9-7-8-13(16-5-2)15(14)19(20)21/h7-9,16-17H,4-6,10-12H2,1-3H3. The van der Waals surface area contributed by atoms with Crippen molar-refractivity contribution in [2.45, 2.75) is 27.2 Å². The minimum atomic E-state index is -0.329. The van der Waals surface area contributed by atoms with Crippen LogP contribution < -0.4 is 10.6 Å². The second kappa shape index (κ2) is 9.18. The van der Waals surface area contributed by atoms with Crippen LogP contribution in [-0.2, 0) is 0 Å². The molecule has 1 rings (SSSR count). The summed E-state index contributed by atoms with van der Waals surface area (Å²) in [4.78, 5) is 13.3. The van der Waals surface area contributed by atoms with Crippen LogP contribution in [0.15, 0.2) is 18.2 Å².